The first-order valence-corrected chi connectivity index (χ1v) is 12.7. The molecule has 1 aliphatic carbocycles. The number of fused-ring (bicyclic) bond motifs is 1. The SMILES string of the molecule is O=C(O)COc1cccc2c1CCC[C@H]2NS(=O)(=O)c1ccc(Oc2ccccc2Cl)cc1Cl. The Morgan fingerprint density at radius 3 is 2.53 bits per heavy atom. The molecule has 0 aromatic heterocycles. The molecular formula is C24H21Cl2NO6S. The van der Waals surface area contributed by atoms with Crippen LogP contribution in [0, 0.1) is 0 Å². The summed E-state index contributed by atoms with van der Waals surface area (Å²) in [5.74, 6) is 0.138. The molecule has 0 fully saturated rings. The molecule has 10 heteroatoms. The molecule has 178 valence electrons. The number of aliphatic carboxylic acids is 1. The van der Waals surface area contributed by atoms with Gasteiger partial charge in [-0.2, -0.15) is 0 Å². The van der Waals surface area contributed by atoms with Crippen LogP contribution < -0.4 is 14.2 Å². The number of benzene rings is 3. The number of rotatable bonds is 8. The highest BCUT2D eigenvalue weighted by Gasteiger charge is 2.29. The third-order valence-corrected chi connectivity index (χ3v) is 7.64. The van der Waals surface area contributed by atoms with Crippen LogP contribution in [0.2, 0.25) is 10.0 Å². The summed E-state index contributed by atoms with van der Waals surface area (Å²) in [5, 5.41) is 9.33. The Morgan fingerprint density at radius 1 is 1.03 bits per heavy atom. The number of carboxylic acids is 1. The number of hydrogen-bond donors (Lipinski definition) is 2. The number of nitrogens with one attached hydrogen (secondary N) is 1. The normalized spacial score (nSPS) is 15.4. The molecule has 1 aliphatic rings. The molecular weight excluding hydrogens is 501 g/mol. The van der Waals surface area contributed by atoms with Crippen LogP contribution >= 0.6 is 23.2 Å². The van der Waals surface area contributed by atoms with E-state index in [4.69, 9.17) is 37.8 Å². The Balaban J connectivity index is 1.56. The molecule has 0 saturated heterocycles. The molecule has 0 bridgehead atoms. The van der Waals surface area contributed by atoms with Crippen LogP contribution in [-0.4, -0.2) is 26.1 Å². The number of sulfonamides is 1. The van der Waals surface area contributed by atoms with Crippen molar-refractivity contribution in [2.75, 3.05) is 6.61 Å². The predicted octanol–water partition coefficient (Wildman–Crippen LogP) is 5.61. The smallest absolute Gasteiger partial charge is 0.341 e. The molecule has 0 heterocycles. The molecule has 3 aromatic rings. The Bertz CT molecular complexity index is 1330. The summed E-state index contributed by atoms with van der Waals surface area (Å²) in [4.78, 5) is 10.8. The lowest BCUT2D eigenvalue weighted by atomic mass is 9.87. The van der Waals surface area contributed by atoms with Gasteiger partial charge in [0.25, 0.3) is 0 Å². The summed E-state index contributed by atoms with van der Waals surface area (Å²) in [6, 6.07) is 16.0. The van der Waals surface area contributed by atoms with Gasteiger partial charge in [0.05, 0.1) is 10.0 Å². The van der Waals surface area contributed by atoms with Crippen molar-refractivity contribution in [3.05, 3.63) is 81.8 Å². The van der Waals surface area contributed by atoms with E-state index in [1.54, 1.807) is 36.4 Å². The van der Waals surface area contributed by atoms with Gasteiger partial charge in [-0.3, -0.25) is 0 Å². The zero-order valence-electron chi connectivity index (χ0n) is 17.8. The first-order chi connectivity index (χ1) is 16.2. The number of para-hydroxylation sites is 1. The average molecular weight is 522 g/mol. The lowest BCUT2D eigenvalue weighted by Crippen LogP contribution is -2.31. The van der Waals surface area contributed by atoms with E-state index in [2.05, 4.69) is 4.72 Å². The third kappa shape index (κ3) is 5.47. The van der Waals surface area contributed by atoms with Gasteiger partial charge in [0, 0.05) is 12.1 Å². The van der Waals surface area contributed by atoms with E-state index in [9.17, 15) is 13.2 Å². The minimum atomic E-state index is -3.97. The van der Waals surface area contributed by atoms with Crippen molar-refractivity contribution < 1.29 is 27.8 Å². The van der Waals surface area contributed by atoms with Crippen molar-refractivity contribution in [1.82, 2.24) is 4.72 Å². The summed E-state index contributed by atoms with van der Waals surface area (Å²) < 4.78 is 40.2. The number of carbonyl (C=O) groups is 1. The predicted molar refractivity (Wildman–Crippen MR) is 129 cm³/mol. The monoisotopic (exact) mass is 521 g/mol. The van der Waals surface area contributed by atoms with Gasteiger partial charge < -0.3 is 14.6 Å². The van der Waals surface area contributed by atoms with Crippen molar-refractivity contribution >= 4 is 39.2 Å². The maximum Gasteiger partial charge on any atom is 0.341 e. The minimum absolute atomic E-state index is 0.00614. The average Bonchev–Trinajstić information content (AvgIpc) is 2.79. The van der Waals surface area contributed by atoms with Gasteiger partial charge in [0.1, 0.15) is 22.1 Å². The van der Waals surface area contributed by atoms with Crippen molar-refractivity contribution in [3.63, 3.8) is 0 Å². The summed E-state index contributed by atoms with van der Waals surface area (Å²) in [7, 11) is -3.97. The van der Waals surface area contributed by atoms with Gasteiger partial charge in [0.15, 0.2) is 6.61 Å². The van der Waals surface area contributed by atoms with Gasteiger partial charge in [-0.1, -0.05) is 47.5 Å². The van der Waals surface area contributed by atoms with Crippen LogP contribution in [-0.2, 0) is 21.2 Å². The maximum atomic E-state index is 13.2. The lowest BCUT2D eigenvalue weighted by Gasteiger charge is -2.27. The highest BCUT2D eigenvalue weighted by molar-refractivity contribution is 7.89. The second kappa shape index (κ2) is 10.2. The van der Waals surface area contributed by atoms with Gasteiger partial charge in [-0.25, -0.2) is 17.9 Å². The molecule has 0 saturated carbocycles. The standard InChI is InChI=1S/C24H21Cl2NO6S/c25-18-7-1-2-9-22(18)33-15-11-12-23(19(26)13-15)34(30,31)27-20-8-3-6-17-16(20)5-4-10-21(17)32-14-24(28)29/h1-2,4-5,7,9-13,20,27H,3,6,8,14H2,(H,28,29)/t20-/m1/s1. The van der Waals surface area contributed by atoms with Crippen LogP contribution in [0.25, 0.3) is 0 Å². The summed E-state index contributed by atoms with van der Waals surface area (Å²) in [6.07, 6.45) is 1.96. The van der Waals surface area contributed by atoms with E-state index in [1.807, 2.05) is 6.07 Å². The third-order valence-electron chi connectivity index (χ3n) is 5.37. The van der Waals surface area contributed by atoms with Gasteiger partial charge in [-0.15, -0.1) is 0 Å². The lowest BCUT2D eigenvalue weighted by molar-refractivity contribution is -0.139. The Kier molecular flexibility index (Phi) is 7.33. The van der Waals surface area contributed by atoms with E-state index in [0.717, 1.165) is 11.1 Å². The fourth-order valence-electron chi connectivity index (χ4n) is 3.88. The highest BCUT2D eigenvalue weighted by atomic mass is 35.5. The first kappa shape index (κ1) is 24.3. The Hall–Kier alpha value is -2.78. The topological polar surface area (TPSA) is 102 Å². The van der Waals surface area contributed by atoms with E-state index in [-0.39, 0.29) is 9.92 Å². The number of halogens is 2. The molecule has 0 amide bonds. The molecule has 0 aliphatic heterocycles. The largest absolute Gasteiger partial charge is 0.482 e. The minimum Gasteiger partial charge on any atom is -0.482 e. The maximum absolute atomic E-state index is 13.2. The van der Waals surface area contributed by atoms with Crippen LogP contribution in [0.5, 0.6) is 17.2 Å². The fraction of sp³-hybridized carbons (Fsp3) is 0.208. The van der Waals surface area contributed by atoms with Crippen LogP contribution in [0.1, 0.15) is 30.0 Å². The molecule has 7 nitrogen and oxygen atoms in total. The van der Waals surface area contributed by atoms with Crippen LogP contribution in [0.15, 0.2) is 65.6 Å². The second-order valence-corrected chi connectivity index (χ2v) is 10.2. The number of hydrogen-bond acceptors (Lipinski definition) is 5. The van der Waals surface area contributed by atoms with Gasteiger partial charge in [0.2, 0.25) is 10.0 Å². The van der Waals surface area contributed by atoms with Crippen LogP contribution in [0.3, 0.4) is 0 Å². The fourth-order valence-corrected chi connectivity index (χ4v) is 5.84. The van der Waals surface area contributed by atoms with E-state index < -0.39 is 28.6 Å². The summed E-state index contributed by atoms with van der Waals surface area (Å²) in [6.45, 7) is -0.467. The zero-order chi connectivity index (χ0) is 24.3. The van der Waals surface area contributed by atoms with Crippen molar-refractivity contribution in [2.24, 2.45) is 0 Å². The van der Waals surface area contributed by atoms with E-state index in [1.165, 1.54) is 18.2 Å². The molecule has 4 rings (SSSR count). The molecule has 2 N–H and O–H groups in total. The Labute approximate surface area is 207 Å². The van der Waals surface area contributed by atoms with Gasteiger partial charge >= 0.3 is 5.97 Å². The zero-order valence-corrected chi connectivity index (χ0v) is 20.2. The molecule has 0 unspecified atom stereocenters. The quantitative estimate of drug-likeness (QED) is 0.399. The summed E-state index contributed by atoms with van der Waals surface area (Å²) in [5.41, 5.74) is 1.56. The molecule has 0 radical (unpaired) electrons. The molecule has 34 heavy (non-hydrogen) atoms. The molecule has 0 spiro atoms. The van der Waals surface area contributed by atoms with Gasteiger partial charge in [-0.05, 0) is 60.7 Å². The van der Waals surface area contributed by atoms with Crippen molar-refractivity contribution in [2.45, 2.75) is 30.2 Å². The molecule has 1 atom stereocenters. The van der Waals surface area contributed by atoms with Crippen molar-refractivity contribution in [3.8, 4) is 17.2 Å². The number of carboxylic acid groups (broad SMARTS) is 1. The number of ether oxygens (including phenoxy) is 2. The second-order valence-electron chi connectivity index (χ2n) is 7.70. The van der Waals surface area contributed by atoms with E-state index in [0.29, 0.717) is 41.5 Å². The van der Waals surface area contributed by atoms with E-state index >= 15 is 0 Å². The molecule has 3 aromatic carbocycles. The Morgan fingerprint density at radius 2 is 1.79 bits per heavy atom. The summed E-state index contributed by atoms with van der Waals surface area (Å²) >= 11 is 12.4. The first-order valence-electron chi connectivity index (χ1n) is 10.5. The highest BCUT2D eigenvalue weighted by Crippen LogP contribution is 2.37. The van der Waals surface area contributed by atoms with Crippen LogP contribution in [0.4, 0.5) is 0 Å². The van der Waals surface area contributed by atoms with Crippen molar-refractivity contribution in [1.29, 1.82) is 0 Å².